The summed E-state index contributed by atoms with van der Waals surface area (Å²) in [6, 6.07) is 16.0. The van der Waals surface area contributed by atoms with E-state index in [4.69, 9.17) is 0 Å². The number of aryl methyl sites for hydroxylation is 2. The predicted molar refractivity (Wildman–Crippen MR) is 116 cm³/mol. The number of rotatable bonds is 6. The lowest BCUT2D eigenvalue weighted by Crippen LogP contribution is -2.39. The summed E-state index contributed by atoms with van der Waals surface area (Å²) in [7, 11) is 1.79. The minimum atomic E-state index is 0. The van der Waals surface area contributed by atoms with Gasteiger partial charge in [-0.05, 0) is 55.5 Å². The normalized spacial score (nSPS) is 12.2. The Balaban J connectivity index is 0.00000312. The van der Waals surface area contributed by atoms with Crippen LogP contribution in [0.5, 0.6) is 5.75 Å². The van der Waals surface area contributed by atoms with E-state index >= 15 is 0 Å². The Morgan fingerprint density at radius 1 is 1.12 bits per heavy atom. The average molecular weight is 453 g/mol. The van der Waals surface area contributed by atoms with Crippen LogP contribution in [-0.2, 0) is 6.42 Å². The van der Waals surface area contributed by atoms with Gasteiger partial charge in [0.1, 0.15) is 5.75 Å². The summed E-state index contributed by atoms with van der Waals surface area (Å²) in [6.45, 7) is 5.12. The van der Waals surface area contributed by atoms with Crippen molar-refractivity contribution in [1.29, 1.82) is 0 Å². The maximum atomic E-state index is 9.29. The zero-order valence-electron chi connectivity index (χ0n) is 15.1. The summed E-state index contributed by atoms with van der Waals surface area (Å²) in [6.07, 6.45) is 1.97. The second-order valence-electron chi connectivity index (χ2n) is 5.99. The van der Waals surface area contributed by atoms with Crippen LogP contribution in [0.25, 0.3) is 0 Å². The second-order valence-corrected chi connectivity index (χ2v) is 5.99. The Bertz CT molecular complexity index is 671. The summed E-state index contributed by atoms with van der Waals surface area (Å²) in [5.41, 5.74) is 3.79. The molecular formula is C20H28IN3O. The van der Waals surface area contributed by atoms with Crippen LogP contribution in [0.2, 0.25) is 0 Å². The van der Waals surface area contributed by atoms with Gasteiger partial charge in [0, 0.05) is 13.6 Å². The molecule has 5 heteroatoms. The maximum Gasteiger partial charge on any atom is 0.191 e. The number of benzene rings is 2. The average Bonchev–Trinajstić information content (AvgIpc) is 2.59. The van der Waals surface area contributed by atoms with Crippen LogP contribution in [0, 0.1) is 6.92 Å². The smallest absolute Gasteiger partial charge is 0.191 e. The van der Waals surface area contributed by atoms with Gasteiger partial charge in [-0.1, -0.05) is 36.4 Å². The molecule has 0 aliphatic heterocycles. The van der Waals surface area contributed by atoms with E-state index in [1.54, 1.807) is 19.2 Å². The van der Waals surface area contributed by atoms with Gasteiger partial charge in [-0.15, -0.1) is 24.0 Å². The van der Waals surface area contributed by atoms with Gasteiger partial charge in [0.05, 0.1) is 6.04 Å². The van der Waals surface area contributed by atoms with Crippen molar-refractivity contribution in [1.82, 2.24) is 10.6 Å². The molecule has 0 saturated heterocycles. The minimum Gasteiger partial charge on any atom is -0.508 e. The molecule has 0 bridgehead atoms. The number of phenols is 1. The SMILES string of the molecule is CN=C(NCCCc1ccc(O)cc1)NC(C)c1ccccc1C.I. The molecule has 0 aliphatic rings. The first-order valence-corrected chi connectivity index (χ1v) is 8.40. The standard InChI is InChI=1S/C20H27N3O.HI/c1-15-7-4-5-9-19(15)16(2)23-20(21-3)22-14-6-8-17-10-12-18(24)13-11-17;/h4-5,7,9-13,16,24H,6,8,14H2,1-3H3,(H2,21,22,23);1H. The lowest BCUT2D eigenvalue weighted by molar-refractivity contribution is 0.475. The van der Waals surface area contributed by atoms with Crippen molar-refractivity contribution in [3.63, 3.8) is 0 Å². The van der Waals surface area contributed by atoms with Gasteiger partial charge in [0.15, 0.2) is 5.96 Å². The number of phenolic OH excluding ortho intramolecular Hbond substituents is 1. The Hall–Kier alpha value is -1.76. The number of hydrogen-bond acceptors (Lipinski definition) is 2. The van der Waals surface area contributed by atoms with Gasteiger partial charge in [0.25, 0.3) is 0 Å². The van der Waals surface area contributed by atoms with Crippen molar-refractivity contribution >= 4 is 29.9 Å². The van der Waals surface area contributed by atoms with E-state index in [1.165, 1.54) is 16.7 Å². The summed E-state index contributed by atoms with van der Waals surface area (Å²) in [4.78, 5) is 4.30. The zero-order valence-corrected chi connectivity index (χ0v) is 17.5. The molecule has 0 heterocycles. The minimum absolute atomic E-state index is 0. The lowest BCUT2D eigenvalue weighted by atomic mass is 10.0. The molecule has 0 amide bonds. The number of aromatic hydroxyl groups is 1. The van der Waals surface area contributed by atoms with Gasteiger partial charge in [-0.2, -0.15) is 0 Å². The summed E-state index contributed by atoms with van der Waals surface area (Å²) in [5, 5.41) is 16.1. The molecule has 0 fully saturated rings. The van der Waals surface area contributed by atoms with Crippen molar-refractivity contribution in [2.24, 2.45) is 4.99 Å². The van der Waals surface area contributed by atoms with Crippen LogP contribution in [0.1, 0.15) is 36.1 Å². The Labute approximate surface area is 167 Å². The molecule has 136 valence electrons. The van der Waals surface area contributed by atoms with Gasteiger partial charge in [-0.3, -0.25) is 4.99 Å². The monoisotopic (exact) mass is 453 g/mol. The first-order valence-electron chi connectivity index (χ1n) is 8.40. The highest BCUT2D eigenvalue weighted by atomic mass is 127. The molecular weight excluding hydrogens is 425 g/mol. The topological polar surface area (TPSA) is 56.7 Å². The molecule has 0 radical (unpaired) electrons. The molecule has 0 saturated carbocycles. The van der Waals surface area contributed by atoms with Gasteiger partial charge in [-0.25, -0.2) is 0 Å². The molecule has 0 aromatic heterocycles. The van der Waals surface area contributed by atoms with Crippen molar-refractivity contribution in [2.45, 2.75) is 32.7 Å². The van der Waals surface area contributed by atoms with Crippen molar-refractivity contribution in [3.8, 4) is 5.75 Å². The number of guanidine groups is 1. The van der Waals surface area contributed by atoms with Gasteiger partial charge < -0.3 is 15.7 Å². The number of aliphatic imine (C=N–C) groups is 1. The van der Waals surface area contributed by atoms with Gasteiger partial charge >= 0.3 is 0 Å². The summed E-state index contributed by atoms with van der Waals surface area (Å²) in [5.74, 6) is 1.13. The quantitative estimate of drug-likeness (QED) is 0.266. The third kappa shape index (κ3) is 6.94. The third-order valence-corrected chi connectivity index (χ3v) is 4.10. The number of halogens is 1. The highest BCUT2D eigenvalue weighted by molar-refractivity contribution is 14.0. The van der Waals surface area contributed by atoms with E-state index in [1.807, 2.05) is 12.1 Å². The van der Waals surface area contributed by atoms with Crippen LogP contribution >= 0.6 is 24.0 Å². The fourth-order valence-electron chi connectivity index (χ4n) is 2.71. The molecule has 3 N–H and O–H groups in total. The first kappa shape index (κ1) is 21.3. The van der Waals surface area contributed by atoms with Crippen molar-refractivity contribution in [2.75, 3.05) is 13.6 Å². The van der Waals surface area contributed by atoms with Crippen LogP contribution in [0.4, 0.5) is 0 Å². The fraction of sp³-hybridized carbons (Fsp3) is 0.350. The summed E-state index contributed by atoms with van der Waals surface area (Å²) < 4.78 is 0. The number of hydrogen-bond donors (Lipinski definition) is 3. The highest BCUT2D eigenvalue weighted by Gasteiger charge is 2.09. The Kier molecular flexibility index (Phi) is 9.34. The van der Waals surface area contributed by atoms with Crippen LogP contribution in [0.15, 0.2) is 53.5 Å². The van der Waals surface area contributed by atoms with Crippen molar-refractivity contribution < 1.29 is 5.11 Å². The van der Waals surface area contributed by atoms with Crippen LogP contribution in [-0.4, -0.2) is 24.7 Å². The van der Waals surface area contributed by atoms with Crippen molar-refractivity contribution in [3.05, 3.63) is 65.2 Å². The van der Waals surface area contributed by atoms with E-state index < -0.39 is 0 Å². The molecule has 4 nitrogen and oxygen atoms in total. The van der Waals surface area contributed by atoms with Gasteiger partial charge in [0.2, 0.25) is 0 Å². The molecule has 2 rings (SSSR count). The van der Waals surface area contributed by atoms with E-state index in [2.05, 4.69) is 53.7 Å². The zero-order chi connectivity index (χ0) is 17.4. The molecule has 0 aliphatic carbocycles. The van der Waals surface area contributed by atoms with E-state index in [0.29, 0.717) is 5.75 Å². The lowest BCUT2D eigenvalue weighted by Gasteiger charge is -2.19. The summed E-state index contributed by atoms with van der Waals surface area (Å²) >= 11 is 0. The van der Waals surface area contributed by atoms with E-state index in [0.717, 1.165) is 25.3 Å². The number of nitrogens with one attached hydrogen (secondary N) is 2. The molecule has 1 atom stereocenters. The first-order chi connectivity index (χ1) is 11.6. The predicted octanol–water partition coefficient (Wildman–Crippen LogP) is 4.18. The Morgan fingerprint density at radius 2 is 1.80 bits per heavy atom. The molecule has 2 aromatic carbocycles. The largest absolute Gasteiger partial charge is 0.508 e. The van der Waals surface area contributed by atoms with Crippen LogP contribution < -0.4 is 10.6 Å². The molecule has 2 aromatic rings. The Morgan fingerprint density at radius 3 is 2.44 bits per heavy atom. The molecule has 25 heavy (non-hydrogen) atoms. The maximum absolute atomic E-state index is 9.29. The second kappa shape index (κ2) is 11.0. The molecule has 0 spiro atoms. The van der Waals surface area contributed by atoms with Crippen LogP contribution in [0.3, 0.4) is 0 Å². The third-order valence-electron chi connectivity index (χ3n) is 4.10. The molecule has 1 unspecified atom stereocenters. The highest BCUT2D eigenvalue weighted by Crippen LogP contribution is 2.16. The number of nitrogens with zero attached hydrogens (tertiary/aromatic N) is 1. The van der Waals surface area contributed by atoms with E-state index in [9.17, 15) is 5.11 Å². The van der Waals surface area contributed by atoms with E-state index in [-0.39, 0.29) is 30.0 Å². The fourth-order valence-corrected chi connectivity index (χ4v) is 2.71.